The molecule has 0 saturated carbocycles. The molecule has 0 atom stereocenters. The standard InChI is InChI=1S/C14H11F4N5O/c1-7-4-11(19-6-8-2-3-10(24)9(15)5-8)23-13(20-7)21-12(22-23)14(16,17)18/h2-5,19,24H,6H2,1H3. The number of aromatic nitrogens is 4. The van der Waals surface area contributed by atoms with Gasteiger partial charge in [0.05, 0.1) is 0 Å². The van der Waals surface area contributed by atoms with E-state index < -0.39 is 23.6 Å². The minimum absolute atomic E-state index is 0.108. The SMILES string of the molecule is Cc1cc(NCc2ccc(O)c(F)c2)n2nc(C(F)(F)F)nc2n1. The number of aryl methyl sites for hydroxylation is 1. The number of fused-ring (bicyclic) bond motifs is 1. The van der Waals surface area contributed by atoms with Crippen LogP contribution in [0.15, 0.2) is 24.3 Å². The number of halogens is 4. The Morgan fingerprint density at radius 2 is 1.96 bits per heavy atom. The number of nitrogens with zero attached hydrogens (tertiary/aromatic N) is 4. The lowest BCUT2D eigenvalue weighted by molar-refractivity contribution is -0.144. The van der Waals surface area contributed by atoms with Crippen LogP contribution in [0.2, 0.25) is 0 Å². The Morgan fingerprint density at radius 1 is 1.21 bits per heavy atom. The summed E-state index contributed by atoms with van der Waals surface area (Å²) in [5, 5.41) is 15.4. The molecule has 2 aromatic heterocycles. The van der Waals surface area contributed by atoms with E-state index in [1.807, 2.05) is 0 Å². The first-order valence-electron chi connectivity index (χ1n) is 6.77. The van der Waals surface area contributed by atoms with E-state index >= 15 is 0 Å². The second-order valence-corrected chi connectivity index (χ2v) is 5.07. The van der Waals surface area contributed by atoms with Gasteiger partial charge in [-0.25, -0.2) is 9.37 Å². The van der Waals surface area contributed by atoms with Gasteiger partial charge in [0.25, 0.3) is 11.6 Å². The Labute approximate surface area is 132 Å². The van der Waals surface area contributed by atoms with Crippen LogP contribution in [0.5, 0.6) is 5.75 Å². The predicted molar refractivity (Wildman–Crippen MR) is 75.9 cm³/mol. The van der Waals surface area contributed by atoms with Crippen LogP contribution in [0.4, 0.5) is 23.4 Å². The van der Waals surface area contributed by atoms with Crippen molar-refractivity contribution in [3.05, 3.63) is 47.2 Å². The predicted octanol–water partition coefficient (Wildman–Crippen LogP) is 2.91. The first-order valence-corrected chi connectivity index (χ1v) is 6.77. The number of rotatable bonds is 3. The average Bonchev–Trinajstić information content (AvgIpc) is 2.92. The van der Waals surface area contributed by atoms with Crippen molar-refractivity contribution in [2.75, 3.05) is 5.32 Å². The van der Waals surface area contributed by atoms with Gasteiger partial charge in [0.2, 0.25) is 0 Å². The maximum atomic E-state index is 13.3. The van der Waals surface area contributed by atoms with E-state index in [1.54, 1.807) is 6.92 Å². The second kappa shape index (κ2) is 5.62. The molecule has 2 heterocycles. The highest BCUT2D eigenvalue weighted by Crippen LogP contribution is 2.27. The third-order valence-electron chi connectivity index (χ3n) is 3.18. The summed E-state index contributed by atoms with van der Waals surface area (Å²) in [5.41, 5.74) is 0.937. The van der Waals surface area contributed by atoms with Gasteiger partial charge in [0.1, 0.15) is 5.82 Å². The number of anilines is 1. The first kappa shape index (κ1) is 16.0. The van der Waals surface area contributed by atoms with Crippen molar-refractivity contribution in [2.45, 2.75) is 19.6 Å². The fourth-order valence-electron chi connectivity index (χ4n) is 2.09. The summed E-state index contributed by atoms with van der Waals surface area (Å²) in [5.74, 6) is -2.52. The zero-order valence-electron chi connectivity index (χ0n) is 12.3. The van der Waals surface area contributed by atoms with Crippen molar-refractivity contribution in [2.24, 2.45) is 0 Å². The number of aromatic hydroxyl groups is 1. The van der Waals surface area contributed by atoms with E-state index in [0.29, 0.717) is 11.3 Å². The van der Waals surface area contributed by atoms with Gasteiger partial charge in [0.15, 0.2) is 11.6 Å². The highest BCUT2D eigenvalue weighted by molar-refractivity contribution is 5.46. The zero-order chi connectivity index (χ0) is 17.5. The summed E-state index contributed by atoms with van der Waals surface area (Å²) in [6, 6.07) is 5.30. The lowest BCUT2D eigenvalue weighted by Gasteiger charge is -2.09. The van der Waals surface area contributed by atoms with Gasteiger partial charge in [-0.2, -0.15) is 22.7 Å². The molecule has 0 bridgehead atoms. The number of nitrogens with one attached hydrogen (secondary N) is 1. The molecule has 1 aromatic carbocycles. The minimum Gasteiger partial charge on any atom is -0.505 e. The molecule has 0 unspecified atom stereocenters. The van der Waals surface area contributed by atoms with Gasteiger partial charge in [-0.05, 0) is 24.6 Å². The Balaban J connectivity index is 1.93. The van der Waals surface area contributed by atoms with Gasteiger partial charge < -0.3 is 10.4 Å². The maximum absolute atomic E-state index is 13.3. The zero-order valence-corrected chi connectivity index (χ0v) is 12.3. The average molecular weight is 341 g/mol. The topological polar surface area (TPSA) is 75.3 Å². The number of alkyl halides is 3. The molecule has 10 heteroatoms. The molecular weight excluding hydrogens is 330 g/mol. The number of phenols is 1. The van der Waals surface area contributed by atoms with Crippen LogP contribution in [0, 0.1) is 12.7 Å². The van der Waals surface area contributed by atoms with Gasteiger partial charge >= 0.3 is 6.18 Å². The largest absolute Gasteiger partial charge is 0.505 e. The Bertz CT molecular complexity index is 906. The summed E-state index contributed by atoms with van der Waals surface area (Å²) in [6.07, 6.45) is -4.68. The molecule has 24 heavy (non-hydrogen) atoms. The molecule has 0 spiro atoms. The smallest absolute Gasteiger partial charge is 0.453 e. The molecule has 126 valence electrons. The quantitative estimate of drug-likeness (QED) is 0.717. The van der Waals surface area contributed by atoms with Crippen LogP contribution in [0.25, 0.3) is 5.78 Å². The van der Waals surface area contributed by atoms with Crippen molar-refractivity contribution in [3.63, 3.8) is 0 Å². The maximum Gasteiger partial charge on any atom is 0.453 e. The van der Waals surface area contributed by atoms with E-state index in [9.17, 15) is 17.6 Å². The molecule has 0 aliphatic rings. The van der Waals surface area contributed by atoms with Gasteiger partial charge in [0, 0.05) is 18.3 Å². The normalized spacial score (nSPS) is 11.9. The summed E-state index contributed by atoms with van der Waals surface area (Å²) >= 11 is 0. The van der Waals surface area contributed by atoms with Crippen molar-refractivity contribution in [1.82, 2.24) is 19.6 Å². The van der Waals surface area contributed by atoms with Crippen LogP contribution in [-0.2, 0) is 12.7 Å². The number of phenolic OH excluding ortho intramolecular Hbond substituents is 1. The molecule has 0 aliphatic heterocycles. The second-order valence-electron chi connectivity index (χ2n) is 5.07. The first-order chi connectivity index (χ1) is 11.2. The molecule has 0 fully saturated rings. The summed E-state index contributed by atoms with van der Waals surface area (Å²) in [7, 11) is 0. The molecule has 0 saturated heterocycles. The van der Waals surface area contributed by atoms with E-state index in [2.05, 4.69) is 20.4 Å². The van der Waals surface area contributed by atoms with Crippen LogP contribution >= 0.6 is 0 Å². The lowest BCUT2D eigenvalue weighted by atomic mass is 10.2. The number of hydrogen-bond donors (Lipinski definition) is 2. The summed E-state index contributed by atoms with van der Waals surface area (Å²) < 4.78 is 52.5. The monoisotopic (exact) mass is 341 g/mol. The van der Waals surface area contributed by atoms with E-state index in [4.69, 9.17) is 5.11 Å². The third kappa shape index (κ3) is 3.07. The fourth-order valence-corrected chi connectivity index (χ4v) is 2.09. The number of benzene rings is 1. The third-order valence-corrected chi connectivity index (χ3v) is 3.18. The fraction of sp³-hybridized carbons (Fsp3) is 0.214. The van der Waals surface area contributed by atoms with Crippen molar-refractivity contribution >= 4 is 11.6 Å². The summed E-state index contributed by atoms with van der Waals surface area (Å²) in [6.45, 7) is 1.71. The molecule has 6 nitrogen and oxygen atoms in total. The Hall–Kier alpha value is -2.91. The molecular formula is C14H11F4N5O. The highest BCUT2D eigenvalue weighted by Gasteiger charge is 2.36. The lowest BCUT2D eigenvalue weighted by Crippen LogP contribution is -2.09. The molecule has 0 amide bonds. The van der Waals surface area contributed by atoms with Crippen molar-refractivity contribution in [3.8, 4) is 5.75 Å². The van der Waals surface area contributed by atoms with E-state index in [0.717, 1.165) is 10.6 Å². The van der Waals surface area contributed by atoms with Crippen LogP contribution in [0.3, 0.4) is 0 Å². The minimum atomic E-state index is -4.68. The van der Waals surface area contributed by atoms with Gasteiger partial charge in [-0.15, -0.1) is 5.10 Å². The van der Waals surface area contributed by atoms with Crippen molar-refractivity contribution in [1.29, 1.82) is 0 Å². The van der Waals surface area contributed by atoms with Crippen LogP contribution in [-0.4, -0.2) is 24.7 Å². The van der Waals surface area contributed by atoms with Crippen molar-refractivity contribution < 1.29 is 22.7 Å². The molecule has 2 N–H and O–H groups in total. The van der Waals surface area contributed by atoms with Gasteiger partial charge in [-0.1, -0.05) is 6.07 Å². The van der Waals surface area contributed by atoms with Crippen LogP contribution in [0.1, 0.15) is 17.1 Å². The highest BCUT2D eigenvalue weighted by atomic mass is 19.4. The van der Waals surface area contributed by atoms with E-state index in [-0.39, 0.29) is 18.1 Å². The molecule has 3 rings (SSSR count). The van der Waals surface area contributed by atoms with Crippen LogP contribution < -0.4 is 5.32 Å². The number of hydrogen-bond acceptors (Lipinski definition) is 5. The molecule has 0 aliphatic carbocycles. The molecule has 3 aromatic rings. The summed E-state index contributed by atoms with van der Waals surface area (Å²) in [4.78, 5) is 7.28. The van der Waals surface area contributed by atoms with E-state index in [1.165, 1.54) is 18.2 Å². The Kier molecular flexibility index (Phi) is 3.74. The Morgan fingerprint density at radius 3 is 2.62 bits per heavy atom. The van der Waals surface area contributed by atoms with Gasteiger partial charge in [-0.3, -0.25) is 0 Å². The molecule has 0 radical (unpaired) electrons.